The van der Waals surface area contributed by atoms with Crippen LogP contribution in [0.4, 0.5) is 0 Å². The summed E-state index contributed by atoms with van der Waals surface area (Å²) in [6.07, 6.45) is 4.84. The molecule has 5 nitrogen and oxygen atoms in total. The van der Waals surface area contributed by atoms with Crippen LogP contribution < -0.4 is 5.69 Å². The Morgan fingerprint density at radius 2 is 2.19 bits per heavy atom. The molecule has 16 heavy (non-hydrogen) atoms. The van der Waals surface area contributed by atoms with Crippen LogP contribution in [0.3, 0.4) is 0 Å². The summed E-state index contributed by atoms with van der Waals surface area (Å²) < 4.78 is 1.75. The number of nitrogens with one attached hydrogen (secondary N) is 1. The Morgan fingerprint density at radius 1 is 1.38 bits per heavy atom. The van der Waals surface area contributed by atoms with E-state index < -0.39 is 0 Å². The van der Waals surface area contributed by atoms with Gasteiger partial charge in [0, 0.05) is 11.3 Å². The van der Waals surface area contributed by atoms with Crippen molar-refractivity contribution in [2.24, 2.45) is 0 Å². The van der Waals surface area contributed by atoms with E-state index in [2.05, 4.69) is 10.2 Å². The highest BCUT2D eigenvalue weighted by Crippen LogP contribution is 2.39. The van der Waals surface area contributed by atoms with Crippen molar-refractivity contribution < 1.29 is 5.11 Å². The van der Waals surface area contributed by atoms with Crippen molar-refractivity contribution in [3.05, 3.63) is 10.5 Å². The molecule has 0 aromatic carbocycles. The molecule has 0 amide bonds. The summed E-state index contributed by atoms with van der Waals surface area (Å²) in [6.45, 7) is 0. The van der Waals surface area contributed by atoms with Crippen molar-refractivity contribution in [1.82, 2.24) is 14.8 Å². The third kappa shape index (κ3) is 1.80. The molecule has 0 radical (unpaired) electrons. The highest BCUT2D eigenvalue weighted by atomic mass is 32.2. The average molecular weight is 241 g/mol. The van der Waals surface area contributed by atoms with Gasteiger partial charge in [0.15, 0.2) is 5.16 Å². The van der Waals surface area contributed by atoms with E-state index in [1.165, 1.54) is 0 Å². The first-order valence-corrected chi connectivity index (χ1v) is 6.65. The van der Waals surface area contributed by atoms with E-state index in [0.29, 0.717) is 6.04 Å². The average Bonchev–Trinajstić information content (AvgIpc) is 2.92. The van der Waals surface area contributed by atoms with Crippen LogP contribution in [0.5, 0.6) is 0 Å². The maximum absolute atomic E-state index is 11.5. The number of rotatable bonds is 3. The van der Waals surface area contributed by atoms with Gasteiger partial charge < -0.3 is 5.11 Å². The van der Waals surface area contributed by atoms with Crippen LogP contribution in [0, 0.1) is 0 Å². The minimum atomic E-state index is -0.246. The summed E-state index contributed by atoms with van der Waals surface area (Å²) in [4.78, 5) is 11.5. The Balaban J connectivity index is 1.81. The lowest BCUT2D eigenvalue weighted by atomic mass is 10.3. The second kappa shape index (κ2) is 3.92. The molecule has 1 aromatic rings. The molecule has 2 N–H and O–H groups in total. The minimum Gasteiger partial charge on any atom is -0.392 e. The molecule has 2 aliphatic carbocycles. The van der Waals surface area contributed by atoms with Gasteiger partial charge in [0.2, 0.25) is 0 Å². The van der Waals surface area contributed by atoms with E-state index in [9.17, 15) is 9.90 Å². The van der Waals surface area contributed by atoms with E-state index in [-0.39, 0.29) is 17.0 Å². The molecule has 0 bridgehead atoms. The highest BCUT2D eigenvalue weighted by Gasteiger charge is 2.32. The lowest BCUT2D eigenvalue weighted by molar-refractivity contribution is 0.188. The Hall–Kier alpha value is -0.750. The maximum atomic E-state index is 11.5. The fraction of sp³-hybridized carbons (Fsp3) is 0.800. The predicted molar refractivity (Wildman–Crippen MR) is 60.6 cm³/mol. The van der Waals surface area contributed by atoms with E-state index in [1.807, 2.05) is 0 Å². The summed E-state index contributed by atoms with van der Waals surface area (Å²) in [6, 6.07) is 0.340. The first-order chi connectivity index (χ1) is 7.75. The smallest absolute Gasteiger partial charge is 0.344 e. The Kier molecular flexibility index (Phi) is 2.55. The van der Waals surface area contributed by atoms with Crippen molar-refractivity contribution in [3.63, 3.8) is 0 Å². The third-order valence-corrected chi connectivity index (χ3v) is 4.61. The van der Waals surface area contributed by atoms with Crippen molar-refractivity contribution in [1.29, 1.82) is 0 Å². The maximum Gasteiger partial charge on any atom is 0.344 e. The zero-order valence-corrected chi connectivity index (χ0v) is 9.74. The number of H-pyrrole nitrogens is 1. The standard InChI is InChI=1S/C10H15N3O2S/c14-7-2-1-3-8(7)16-10-12-11-9(15)13(10)6-4-5-6/h6-8,14H,1-5H2,(H,11,15). The van der Waals surface area contributed by atoms with Crippen LogP contribution in [0.1, 0.15) is 38.1 Å². The molecule has 6 heteroatoms. The van der Waals surface area contributed by atoms with Gasteiger partial charge in [-0.3, -0.25) is 4.57 Å². The van der Waals surface area contributed by atoms with Gasteiger partial charge in [-0.2, -0.15) is 0 Å². The molecule has 1 heterocycles. The van der Waals surface area contributed by atoms with E-state index >= 15 is 0 Å². The van der Waals surface area contributed by atoms with Crippen molar-refractivity contribution in [2.75, 3.05) is 0 Å². The number of nitrogens with zero attached hydrogens (tertiary/aromatic N) is 2. The van der Waals surface area contributed by atoms with Crippen LogP contribution in [0.15, 0.2) is 9.95 Å². The largest absolute Gasteiger partial charge is 0.392 e. The monoisotopic (exact) mass is 241 g/mol. The highest BCUT2D eigenvalue weighted by molar-refractivity contribution is 7.99. The van der Waals surface area contributed by atoms with Gasteiger partial charge in [0.05, 0.1) is 6.10 Å². The van der Waals surface area contributed by atoms with Gasteiger partial charge in [0.1, 0.15) is 0 Å². The van der Waals surface area contributed by atoms with Crippen LogP contribution in [0.2, 0.25) is 0 Å². The quantitative estimate of drug-likeness (QED) is 0.825. The van der Waals surface area contributed by atoms with Crippen molar-refractivity contribution in [3.8, 4) is 0 Å². The van der Waals surface area contributed by atoms with Gasteiger partial charge in [-0.05, 0) is 32.1 Å². The summed E-state index contributed by atoms with van der Waals surface area (Å²) >= 11 is 1.55. The molecule has 0 saturated heterocycles. The zero-order chi connectivity index (χ0) is 11.1. The number of aromatic nitrogens is 3. The number of aliphatic hydroxyl groups excluding tert-OH is 1. The van der Waals surface area contributed by atoms with Crippen molar-refractivity contribution in [2.45, 2.75) is 54.7 Å². The van der Waals surface area contributed by atoms with Gasteiger partial charge in [-0.25, -0.2) is 9.89 Å². The molecule has 2 saturated carbocycles. The Morgan fingerprint density at radius 3 is 2.81 bits per heavy atom. The molecular formula is C10H15N3O2S. The second-order valence-corrected chi connectivity index (χ2v) is 5.77. The molecule has 0 aliphatic heterocycles. The fourth-order valence-electron chi connectivity index (χ4n) is 2.21. The van der Waals surface area contributed by atoms with Gasteiger partial charge in [-0.15, -0.1) is 5.10 Å². The van der Waals surface area contributed by atoms with Crippen LogP contribution in [0.25, 0.3) is 0 Å². The number of aliphatic hydroxyl groups is 1. The molecule has 1 aromatic heterocycles. The zero-order valence-electron chi connectivity index (χ0n) is 8.93. The van der Waals surface area contributed by atoms with Gasteiger partial charge in [-0.1, -0.05) is 11.8 Å². The SMILES string of the molecule is O=c1[nH]nc(SC2CCCC2O)n1C1CC1. The Bertz CT molecular complexity index is 438. The molecule has 2 fully saturated rings. The molecule has 0 spiro atoms. The molecule has 2 unspecified atom stereocenters. The normalized spacial score (nSPS) is 29.8. The van der Waals surface area contributed by atoms with Crippen LogP contribution in [-0.2, 0) is 0 Å². The molecule has 3 rings (SSSR count). The fourth-order valence-corrected chi connectivity index (χ4v) is 3.50. The number of hydrogen-bond donors (Lipinski definition) is 2. The van der Waals surface area contributed by atoms with Gasteiger partial charge in [0.25, 0.3) is 0 Å². The van der Waals surface area contributed by atoms with Crippen LogP contribution in [-0.4, -0.2) is 31.2 Å². The third-order valence-electron chi connectivity index (χ3n) is 3.26. The topological polar surface area (TPSA) is 70.9 Å². The first kappa shape index (κ1) is 10.4. The molecule has 88 valence electrons. The van der Waals surface area contributed by atoms with Gasteiger partial charge >= 0.3 is 5.69 Å². The number of aromatic amines is 1. The summed E-state index contributed by atoms with van der Waals surface area (Å²) in [5.74, 6) is 0. The summed E-state index contributed by atoms with van der Waals surface area (Å²) in [7, 11) is 0. The lowest BCUT2D eigenvalue weighted by Crippen LogP contribution is -2.19. The number of hydrogen-bond acceptors (Lipinski definition) is 4. The van der Waals surface area contributed by atoms with E-state index in [4.69, 9.17) is 0 Å². The van der Waals surface area contributed by atoms with E-state index in [0.717, 1.165) is 37.3 Å². The molecule has 2 aliphatic rings. The van der Waals surface area contributed by atoms with Crippen molar-refractivity contribution >= 4 is 11.8 Å². The molecular weight excluding hydrogens is 226 g/mol. The second-order valence-electron chi connectivity index (χ2n) is 4.57. The summed E-state index contributed by atoms with van der Waals surface area (Å²) in [5.41, 5.74) is -0.113. The minimum absolute atomic E-state index is 0.113. The number of thioether (sulfide) groups is 1. The summed E-state index contributed by atoms with van der Waals surface area (Å²) in [5, 5.41) is 17.3. The van der Waals surface area contributed by atoms with Crippen LogP contribution >= 0.6 is 11.8 Å². The Labute approximate surface area is 97.2 Å². The first-order valence-electron chi connectivity index (χ1n) is 5.77. The molecule has 2 atom stereocenters. The lowest BCUT2D eigenvalue weighted by Gasteiger charge is -2.13. The van der Waals surface area contributed by atoms with E-state index in [1.54, 1.807) is 16.3 Å². The predicted octanol–water partition coefficient (Wildman–Crippen LogP) is 0.912.